The van der Waals surface area contributed by atoms with E-state index < -0.39 is 6.55 Å². The van der Waals surface area contributed by atoms with Gasteiger partial charge in [-0.2, -0.15) is 8.78 Å². The highest BCUT2D eigenvalue weighted by atomic mass is 32.2. The molecule has 0 radical (unpaired) electrons. The summed E-state index contributed by atoms with van der Waals surface area (Å²) in [5.74, 6) is 0.941. The first-order valence-corrected chi connectivity index (χ1v) is 10.5. The minimum Gasteiger partial charge on any atom is -0.467 e. The highest BCUT2D eigenvalue weighted by Gasteiger charge is 2.19. The number of benzene rings is 2. The fourth-order valence-electron chi connectivity index (χ4n) is 3.50. The summed E-state index contributed by atoms with van der Waals surface area (Å²) in [7, 11) is 0. The number of para-hydroxylation sites is 3. The molecule has 2 aromatic carbocycles. The Balaban J connectivity index is 1.57. The number of hydrogen-bond acceptors (Lipinski definition) is 5. The number of furan rings is 1. The summed E-state index contributed by atoms with van der Waals surface area (Å²) in [6.07, 6.45) is 1.53. The Hall–Kier alpha value is -3.46. The van der Waals surface area contributed by atoms with Crippen molar-refractivity contribution in [3.8, 4) is 0 Å². The van der Waals surface area contributed by atoms with Gasteiger partial charge in [0.15, 0.2) is 5.16 Å². The highest BCUT2D eigenvalue weighted by molar-refractivity contribution is 7.98. The van der Waals surface area contributed by atoms with E-state index >= 15 is 0 Å². The van der Waals surface area contributed by atoms with E-state index in [4.69, 9.17) is 4.42 Å². The lowest BCUT2D eigenvalue weighted by Gasteiger charge is -2.12. The Morgan fingerprint density at radius 1 is 0.968 bits per heavy atom. The van der Waals surface area contributed by atoms with Crippen LogP contribution in [0.1, 0.15) is 18.1 Å². The van der Waals surface area contributed by atoms with Crippen molar-refractivity contribution in [1.82, 2.24) is 19.1 Å². The van der Waals surface area contributed by atoms with Crippen LogP contribution in [0, 0.1) is 0 Å². The number of aromatic nitrogens is 4. The van der Waals surface area contributed by atoms with Crippen molar-refractivity contribution in [1.29, 1.82) is 0 Å². The van der Waals surface area contributed by atoms with Gasteiger partial charge in [-0.15, -0.1) is 0 Å². The van der Waals surface area contributed by atoms with Gasteiger partial charge in [-0.3, -0.25) is 13.9 Å². The summed E-state index contributed by atoms with van der Waals surface area (Å²) in [4.78, 5) is 22.1. The SMILES string of the molecule is O=c1c2ccccc2nc(SCc2nc3ccccc3n2C(F)F)n1Cc1ccco1. The molecular formula is C22H16F2N4O2S. The van der Waals surface area contributed by atoms with E-state index in [1.807, 2.05) is 0 Å². The number of imidazole rings is 1. The number of fused-ring (bicyclic) bond motifs is 2. The van der Waals surface area contributed by atoms with Gasteiger partial charge in [-0.1, -0.05) is 36.0 Å². The number of nitrogens with zero attached hydrogens (tertiary/aromatic N) is 4. The van der Waals surface area contributed by atoms with Crippen LogP contribution in [0.3, 0.4) is 0 Å². The van der Waals surface area contributed by atoms with Gasteiger partial charge in [-0.25, -0.2) is 9.97 Å². The quantitative estimate of drug-likeness (QED) is 0.273. The Labute approximate surface area is 179 Å². The molecule has 6 nitrogen and oxygen atoms in total. The molecule has 31 heavy (non-hydrogen) atoms. The second-order valence-electron chi connectivity index (χ2n) is 6.84. The lowest BCUT2D eigenvalue weighted by atomic mass is 10.2. The van der Waals surface area contributed by atoms with Gasteiger partial charge < -0.3 is 4.42 Å². The molecule has 3 heterocycles. The molecule has 0 aliphatic heterocycles. The molecule has 0 amide bonds. The molecule has 0 aliphatic rings. The third kappa shape index (κ3) is 3.61. The molecule has 5 aromatic rings. The molecule has 0 N–H and O–H groups in total. The molecule has 0 bridgehead atoms. The van der Waals surface area contributed by atoms with Crippen molar-refractivity contribution in [2.24, 2.45) is 0 Å². The first-order valence-electron chi connectivity index (χ1n) is 9.50. The zero-order chi connectivity index (χ0) is 21.4. The number of rotatable bonds is 6. The summed E-state index contributed by atoms with van der Waals surface area (Å²) in [5, 5.41) is 0.895. The largest absolute Gasteiger partial charge is 0.467 e. The second kappa shape index (κ2) is 7.99. The van der Waals surface area contributed by atoms with Gasteiger partial charge in [0.25, 0.3) is 5.56 Å². The van der Waals surface area contributed by atoms with Crippen LogP contribution in [0.2, 0.25) is 0 Å². The molecule has 5 rings (SSSR count). The number of alkyl halides is 2. The van der Waals surface area contributed by atoms with Gasteiger partial charge in [-0.05, 0) is 36.4 Å². The fourth-order valence-corrected chi connectivity index (χ4v) is 4.43. The molecule has 0 saturated heterocycles. The molecular weight excluding hydrogens is 422 g/mol. The Kier molecular flexibility index (Phi) is 5.03. The Bertz CT molecular complexity index is 1430. The smallest absolute Gasteiger partial charge is 0.320 e. The predicted molar refractivity (Wildman–Crippen MR) is 114 cm³/mol. The number of thioether (sulfide) groups is 1. The Morgan fingerprint density at radius 3 is 2.52 bits per heavy atom. The maximum atomic E-state index is 13.8. The van der Waals surface area contributed by atoms with E-state index in [2.05, 4.69) is 9.97 Å². The minimum atomic E-state index is -2.72. The predicted octanol–water partition coefficient (Wildman–Crippen LogP) is 5.07. The molecule has 0 fully saturated rings. The standard InChI is InChI=1S/C22H16F2N4O2S/c23-21(24)28-18-10-4-3-9-17(18)25-19(28)13-31-22-26-16-8-2-1-7-15(16)20(29)27(22)12-14-6-5-11-30-14/h1-11,21H,12-13H2. The topological polar surface area (TPSA) is 65.8 Å². The molecule has 0 atom stereocenters. The molecule has 9 heteroatoms. The van der Waals surface area contributed by atoms with Crippen LogP contribution in [0.15, 0.2) is 81.3 Å². The molecule has 0 unspecified atom stereocenters. The van der Waals surface area contributed by atoms with Crippen molar-refractivity contribution in [2.45, 2.75) is 24.0 Å². The average molecular weight is 438 g/mol. The summed E-state index contributed by atoms with van der Waals surface area (Å²) in [6, 6.07) is 17.3. The van der Waals surface area contributed by atoms with Crippen LogP contribution in [0.4, 0.5) is 8.78 Å². The summed E-state index contributed by atoms with van der Waals surface area (Å²) >= 11 is 1.19. The van der Waals surface area contributed by atoms with Crippen molar-refractivity contribution in [3.05, 3.63) is 88.9 Å². The average Bonchev–Trinajstić information content (AvgIpc) is 3.41. The van der Waals surface area contributed by atoms with Crippen LogP contribution >= 0.6 is 11.8 Å². The van der Waals surface area contributed by atoms with E-state index in [1.165, 1.54) is 22.6 Å². The Morgan fingerprint density at radius 2 is 1.74 bits per heavy atom. The molecule has 0 aliphatic carbocycles. The van der Waals surface area contributed by atoms with E-state index in [-0.39, 0.29) is 23.7 Å². The molecule has 0 saturated carbocycles. The zero-order valence-electron chi connectivity index (χ0n) is 16.1. The van der Waals surface area contributed by atoms with Crippen molar-refractivity contribution >= 4 is 33.7 Å². The van der Waals surface area contributed by atoms with E-state index in [1.54, 1.807) is 60.7 Å². The maximum Gasteiger partial charge on any atom is 0.320 e. The fraction of sp³-hybridized carbons (Fsp3) is 0.136. The van der Waals surface area contributed by atoms with Gasteiger partial charge >= 0.3 is 6.55 Å². The molecule has 0 spiro atoms. The highest BCUT2D eigenvalue weighted by Crippen LogP contribution is 2.28. The lowest BCUT2D eigenvalue weighted by Crippen LogP contribution is -2.24. The van der Waals surface area contributed by atoms with Crippen molar-refractivity contribution < 1.29 is 13.2 Å². The first kappa shape index (κ1) is 19.5. The minimum absolute atomic E-state index is 0.127. The zero-order valence-corrected chi connectivity index (χ0v) is 16.9. The van der Waals surface area contributed by atoms with Gasteiger partial charge in [0.05, 0.1) is 40.5 Å². The third-order valence-electron chi connectivity index (χ3n) is 4.92. The number of halogens is 2. The van der Waals surface area contributed by atoms with E-state index in [9.17, 15) is 13.6 Å². The first-order chi connectivity index (χ1) is 15.1. The van der Waals surface area contributed by atoms with Gasteiger partial charge in [0, 0.05) is 0 Å². The van der Waals surface area contributed by atoms with Crippen LogP contribution in [-0.4, -0.2) is 19.1 Å². The van der Waals surface area contributed by atoms with Gasteiger partial charge in [0.2, 0.25) is 0 Å². The summed E-state index contributed by atoms with van der Waals surface area (Å²) in [6.45, 7) is -2.53. The van der Waals surface area contributed by atoms with Crippen LogP contribution in [0.5, 0.6) is 0 Å². The van der Waals surface area contributed by atoms with Crippen LogP contribution in [0.25, 0.3) is 21.9 Å². The van der Waals surface area contributed by atoms with Crippen molar-refractivity contribution in [3.63, 3.8) is 0 Å². The van der Waals surface area contributed by atoms with E-state index in [0.29, 0.717) is 32.9 Å². The second-order valence-corrected chi connectivity index (χ2v) is 7.78. The van der Waals surface area contributed by atoms with Crippen LogP contribution < -0.4 is 5.56 Å². The van der Waals surface area contributed by atoms with Crippen LogP contribution in [-0.2, 0) is 12.3 Å². The maximum absolute atomic E-state index is 13.8. The van der Waals surface area contributed by atoms with Gasteiger partial charge in [0.1, 0.15) is 11.6 Å². The monoisotopic (exact) mass is 438 g/mol. The number of hydrogen-bond donors (Lipinski definition) is 0. The summed E-state index contributed by atoms with van der Waals surface area (Å²) < 4.78 is 35.3. The normalized spacial score (nSPS) is 11.7. The lowest BCUT2D eigenvalue weighted by molar-refractivity contribution is 0.0722. The molecule has 156 valence electrons. The third-order valence-corrected chi connectivity index (χ3v) is 5.89. The summed E-state index contributed by atoms with van der Waals surface area (Å²) in [5.41, 5.74) is 1.20. The molecule has 3 aromatic heterocycles. The van der Waals surface area contributed by atoms with E-state index in [0.717, 1.165) is 4.57 Å². The van der Waals surface area contributed by atoms with Crippen molar-refractivity contribution in [2.75, 3.05) is 0 Å².